The number of fused-ring (bicyclic) bond motifs is 1. The normalized spacial score (nSPS) is 16.7. The van der Waals surface area contributed by atoms with Crippen LogP contribution in [-0.2, 0) is 34.3 Å². The molecule has 0 spiro atoms. The summed E-state index contributed by atoms with van der Waals surface area (Å²) in [5.74, 6) is -0.323. The van der Waals surface area contributed by atoms with Crippen LogP contribution in [0.25, 0.3) is 11.4 Å². The van der Waals surface area contributed by atoms with Gasteiger partial charge in [-0.1, -0.05) is 0 Å². The van der Waals surface area contributed by atoms with Gasteiger partial charge in [0.25, 0.3) is 11.8 Å². The van der Waals surface area contributed by atoms with Gasteiger partial charge in [-0.15, -0.1) is 22.7 Å². The quantitative estimate of drug-likeness (QED) is 0.108. The van der Waals surface area contributed by atoms with E-state index in [0.29, 0.717) is 60.6 Å². The monoisotopic (exact) mass is 1130 g/mol. The van der Waals surface area contributed by atoms with Crippen molar-refractivity contribution >= 4 is 145 Å². The summed E-state index contributed by atoms with van der Waals surface area (Å²) in [4.78, 5) is 35.7. The van der Waals surface area contributed by atoms with Gasteiger partial charge in [-0.3, -0.25) is 9.59 Å². The molecule has 0 radical (unpaired) electrons. The van der Waals surface area contributed by atoms with Crippen LogP contribution in [0.4, 0.5) is 0 Å². The fraction of sp³-hybridized carbons (Fsp3) is 0.632. The van der Waals surface area contributed by atoms with E-state index in [4.69, 9.17) is 24.7 Å². The van der Waals surface area contributed by atoms with Crippen molar-refractivity contribution in [3.63, 3.8) is 0 Å². The lowest BCUT2D eigenvalue weighted by Gasteiger charge is -2.43. The average molecular weight is 1130 g/mol. The minimum atomic E-state index is -3.17. The van der Waals surface area contributed by atoms with Crippen molar-refractivity contribution in [2.24, 2.45) is 0 Å². The van der Waals surface area contributed by atoms with Crippen LogP contribution >= 0.6 is 54.5 Å². The third kappa shape index (κ3) is 15.2. The van der Waals surface area contributed by atoms with E-state index in [-0.39, 0.29) is 11.8 Å². The van der Waals surface area contributed by atoms with Gasteiger partial charge in [0.05, 0.1) is 39.9 Å². The highest BCUT2D eigenvalue weighted by molar-refractivity contribution is 9.11. The first-order valence-corrected chi connectivity index (χ1v) is 48.4. The second-order valence-corrected chi connectivity index (χ2v) is 60.3. The molecule has 4 heterocycles. The standard InChI is InChI=1S/C38H70Br2N2O8S2Si8/c1-53(2,3)45-59(46-54(4,5)6,47-55(7,8)9)27-19-25-41-35(29-21-23-31(39)51-29)33-34(37(41)43)36(30-22-24-32(40)52-30)42(38(33)44)26-20-28-60(48-56(10,11)12,49-57(13,14)15)50-58(16,17)18/h21-24H,19-20,25-28H2,1-18H3. The van der Waals surface area contributed by atoms with Crippen molar-refractivity contribution in [3.8, 4) is 0 Å². The van der Waals surface area contributed by atoms with E-state index >= 15 is 9.59 Å². The summed E-state index contributed by atoms with van der Waals surface area (Å²) in [6, 6.07) is 9.14. The molecule has 22 heteroatoms. The van der Waals surface area contributed by atoms with Gasteiger partial charge in [0.2, 0.25) is 0 Å². The Hall–Kier alpha value is 0.275. The minimum Gasteiger partial charge on any atom is -0.417 e. The summed E-state index contributed by atoms with van der Waals surface area (Å²) in [6.45, 7) is 40.2. The Labute approximate surface area is 394 Å². The molecule has 2 aliphatic heterocycles. The molecule has 60 heavy (non-hydrogen) atoms. The Morgan fingerprint density at radius 2 is 0.700 bits per heavy atom. The Bertz CT molecular complexity index is 1730. The highest BCUT2D eigenvalue weighted by atomic mass is 79.9. The molecular weight excluding hydrogens is 1060 g/mol. The van der Waals surface area contributed by atoms with E-state index in [2.05, 4.69) is 150 Å². The summed E-state index contributed by atoms with van der Waals surface area (Å²) < 4.78 is 43.9. The first kappa shape index (κ1) is 52.9. The Balaban J connectivity index is 1.80. The van der Waals surface area contributed by atoms with Gasteiger partial charge in [0.15, 0.2) is 49.9 Å². The van der Waals surface area contributed by atoms with E-state index in [0.717, 1.165) is 17.3 Å². The van der Waals surface area contributed by atoms with Crippen LogP contribution in [0.15, 0.2) is 43.0 Å². The number of nitrogens with zero attached hydrogens (tertiary/aromatic N) is 2. The number of hydrogen-bond donors (Lipinski definition) is 0. The number of halogens is 2. The Kier molecular flexibility index (Phi) is 17.0. The molecule has 4 rings (SSSR count). The molecule has 0 saturated carbocycles. The highest BCUT2D eigenvalue weighted by Crippen LogP contribution is 2.50. The molecule has 0 fully saturated rings. The van der Waals surface area contributed by atoms with Crippen LogP contribution in [0.5, 0.6) is 0 Å². The first-order chi connectivity index (χ1) is 27.0. The fourth-order valence-electron chi connectivity index (χ4n) is 7.36. The summed E-state index contributed by atoms with van der Waals surface area (Å²) >= 11 is 10.4. The number of amides is 2. The maximum Gasteiger partial charge on any atom is 0.469 e. The molecule has 2 aliphatic rings. The van der Waals surface area contributed by atoms with Gasteiger partial charge in [-0.05, 0) is 187 Å². The average Bonchev–Trinajstić information content (AvgIpc) is 3.73. The molecule has 0 aromatic carbocycles. The Morgan fingerprint density at radius 1 is 0.450 bits per heavy atom. The summed E-state index contributed by atoms with van der Waals surface area (Å²) in [5, 5.41) is 0. The molecule has 10 nitrogen and oxygen atoms in total. The van der Waals surface area contributed by atoms with Crippen LogP contribution in [0, 0.1) is 0 Å². The van der Waals surface area contributed by atoms with Crippen LogP contribution in [-0.4, -0.2) is 102 Å². The Morgan fingerprint density at radius 3 is 0.900 bits per heavy atom. The number of thiophene rings is 2. The first-order valence-electron chi connectivity index (χ1n) is 20.9. The highest BCUT2D eigenvalue weighted by Gasteiger charge is 2.53. The lowest BCUT2D eigenvalue weighted by Crippen LogP contribution is -2.60. The van der Waals surface area contributed by atoms with Crippen molar-refractivity contribution in [2.75, 3.05) is 13.1 Å². The third-order valence-corrected chi connectivity index (χ3v) is 35.6. The van der Waals surface area contributed by atoms with Gasteiger partial charge < -0.3 is 34.5 Å². The second kappa shape index (κ2) is 19.2. The number of carbonyl (C=O) groups is 2. The predicted molar refractivity (Wildman–Crippen MR) is 278 cm³/mol. The molecule has 0 unspecified atom stereocenters. The fourth-order valence-corrected chi connectivity index (χ4v) is 39.5. The molecule has 0 aliphatic carbocycles. The number of carbonyl (C=O) groups excluding carboxylic acids is 2. The molecular formula is C38H70Br2N2O8S2Si8. The summed E-state index contributed by atoms with van der Waals surface area (Å²) in [7, 11) is -19.0. The maximum absolute atomic E-state index is 15.1. The third-order valence-electron chi connectivity index (χ3n) is 8.29. The smallest absolute Gasteiger partial charge is 0.417 e. The SMILES string of the molecule is C[Si](C)(C)O[Si](CCCN1C(=O)C2=C(c3ccc(Br)s3)N(CCC[Si](O[Si](C)(C)C)(O[Si](C)(C)C)O[Si](C)(C)C)C(=O)C2=C1c1ccc(Br)s1)(O[Si](C)(C)C)O[Si](C)(C)C. The van der Waals surface area contributed by atoms with Gasteiger partial charge in [-0.25, -0.2) is 0 Å². The largest absolute Gasteiger partial charge is 0.469 e. The van der Waals surface area contributed by atoms with Crippen molar-refractivity contribution < 1.29 is 34.3 Å². The minimum absolute atomic E-state index is 0.162. The van der Waals surface area contributed by atoms with Crippen LogP contribution in [0.2, 0.25) is 130 Å². The lowest BCUT2D eigenvalue weighted by atomic mass is 10.1. The second-order valence-electron chi connectivity index (χ2n) is 21.4. The molecule has 2 amide bonds. The van der Waals surface area contributed by atoms with Crippen molar-refractivity contribution in [1.82, 2.24) is 9.80 Å². The van der Waals surface area contributed by atoms with E-state index < -0.39 is 67.5 Å². The molecule has 0 saturated heterocycles. The van der Waals surface area contributed by atoms with Crippen molar-refractivity contribution in [1.29, 1.82) is 0 Å². The number of rotatable bonds is 22. The molecule has 0 atom stereocenters. The van der Waals surface area contributed by atoms with E-state index in [1.54, 1.807) is 0 Å². The zero-order valence-electron chi connectivity index (χ0n) is 39.3. The zero-order chi connectivity index (χ0) is 45.7. The molecule has 2 aromatic heterocycles. The van der Waals surface area contributed by atoms with Gasteiger partial charge in [-0.2, -0.15) is 0 Å². The summed E-state index contributed by atoms with van der Waals surface area (Å²) in [5.41, 5.74) is 2.26. The number of hydrogen-bond acceptors (Lipinski definition) is 10. The molecule has 338 valence electrons. The molecule has 0 bridgehead atoms. The van der Waals surface area contributed by atoms with Gasteiger partial charge in [0.1, 0.15) is 0 Å². The van der Waals surface area contributed by atoms with E-state index in [1.807, 2.05) is 34.1 Å². The lowest BCUT2D eigenvalue weighted by molar-refractivity contribution is -0.124. The predicted octanol–water partition coefficient (Wildman–Crippen LogP) is 12.9. The van der Waals surface area contributed by atoms with Crippen molar-refractivity contribution in [2.45, 2.75) is 143 Å². The van der Waals surface area contributed by atoms with Crippen LogP contribution < -0.4 is 0 Å². The zero-order valence-corrected chi connectivity index (χ0v) is 52.1. The molecule has 0 N–H and O–H groups in total. The van der Waals surface area contributed by atoms with Crippen LogP contribution in [0.3, 0.4) is 0 Å². The van der Waals surface area contributed by atoms with Crippen LogP contribution in [0.1, 0.15) is 22.6 Å². The summed E-state index contributed by atoms with van der Waals surface area (Å²) in [6.07, 6.45) is 1.20. The van der Waals surface area contributed by atoms with Crippen molar-refractivity contribution in [3.05, 3.63) is 52.7 Å². The topological polar surface area (TPSA) is 96.0 Å². The molecule has 2 aromatic rings. The maximum atomic E-state index is 15.1. The van der Waals surface area contributed by atoms with Gasteiger partial charge in [0, 0.05) is 25.2 Å². The van der Waals surface area contributed by atoms with E-state index in [1.165, 1.54) is 22.7 Å². The van der Waals surface area contributed by atoms with Gasteiger partial charge >= 0.3 is 17.6 Å². The van der Waals surface area contributed by atoms with E-state index in [9.17, 15) is 0 Å².